The highest BCUT2D eigenvalue weighted by Crippen LogP contribution is 2.21. The highest BCUT2D eigenvalue weighted by Gasteiger charge is 1.95. The maximum absolute atomic E-state index is 8.91. The molecule has 3 heteroatoms. The number of aliphatic hydroxyl groups is 1. The van der Waals surface area contributed by atoms with Gasteiger partial charge in [-0.05, 0) is 58.0 Å². The third-order valence-electron chi connectivity index (χ3n) is 0.974. The highest BCUT2D eigenvalue weighted by molar-refractivity contribution is 14.1. The van der Waals surface area contributed by atoms with E-state index in [2.05, 4.69) is 29.5 Å². The summed E-state index contributed by atoms with van der Waals surface area (Å²) in [6.45, 7) is 2.15. The maximum Gasteiger partial charge on any atom is 0.162 e. The van der Waals surface area contributed by atoms with E-state index < -0.39 is 0 Å². The lowest BCUT2D eigenvalue weighted by Crippen LogP contribution is -1.76. The second-order valence-corrected chi connectivity index (χ2v) is 4.12. The Labute approximate surface area is 83.2 Å². The summed E-state index contributed by atoms with van der Waals surface area (Å²) < 4.78 is 1.52. The first-order valence-corrected chi connectivity index (χ1v) is 5.07. The number of halogens is 2. The van der Waals surface area contributed by atoms with Gasteiger partial charge in [0.1, 0.15) is 0 Å². The van der Waals surface area contributed by atoms with Crippen LogP contribution in [0.2, 0.25) is 0 Å². The van der Waals surface area contributed by atoms with Gasteiger partial charge in [-0.15, -0.1) is 0 Å². The molecule has 0 radical (unpaired) electrons. The van der Waals surface area contributed by atoms with E-state index in [1.807, 2.05) is 22.6 Å². The van der Waals surface area contributed by atoms with Crippen LogP contribution < -0.4 is 0 Å². The van der Waals surface area contributed by atoms with Crippen LogP contribution in [-0.4, -0.2) is 5.11 Å². The molecular weight excluding hydrogens is 342 g/mol. The first kappa shape index (κ1) is 10.0. The Morgan fingerprint density at radius 1 is 1.44 bits per heavy atom. The van der Waals surface area contributed by atoms with E-state index in [4.69, 9.17) is 5.11 Å². The summed E-state index contributed by atoms with van der Waals surface area (Å²) in [7, 11) is 0. The zero-order chi connectivity index (χ0) is 7.28. The van der Waals surface area contributed by atoms with E-state index in [1.165, 1.54) is 12.8 Å². The monoisotopic (exact) mass is 352 g/mol. The molecule has 0 saturated heterocycles. The summed E-state index contributed by atoms with van der Waals surface area (Å²) in [5, 5.41) is 8.91. The van der Waals surface area contributed by atoms with Crippen molar-refractivity contribution >= 4 is 45.2 Å². The minimum Gasteiger partial charge on any atom is -0.502 e. The van der Waals surface area contributed by atoms with E-state index in [0.717, 1.165) is 10.0 Å². The molecule has 0 heterocycles. The first-order valence-electron chi connectivity index (χ1n) is 2.91. The Balaban J connectivity index is 3.50. The van der Waals surface area contributed by atoms with Gasteiger partial charge in [-0.2, -0.15) is 0 Å². The van der Waals surface area contributed by atoms with E-state index in [9.17, 15) is 0 Å². The van der Waals surface area contributed by atoms with Crippen LogP contribution in [0.25, 0.3) is 0 Å². The van der Waals surface area contributed by atoms with Crippen molar-refractivity contribution in [3.63, 3.8) is 0 Å². The molecule has 0 atom stereocenters. The standard InChI is InChI=1S/C6H10I2O/c1-2-3-4-5(7)6(8)9/h9H,2-4H2,1H3. The summed E-state index contributed by atoms with van der Waals surface area (Å²) in [5.74, 6) is 0. The first-order chi connectivity index (χ1) is 4.18. The molecule has 0 bridgehead atoms. The smallest absolute Gasteiger partial charge is 0.162 e. The van der Waals surface area contributed by atoms with E-state index >= 15 is 0 Å². The zero-order valence-electron chi connectivity index (χ0n) is 5.32. The number of rotatable bonds is 3. The molecule has 0 rings (SSSR count). The zero-order valence-corrected chi connectivity index (χ0v) is 9.64. The van der Waals surface area contributed by atoms with Gasteiger partial charge in [-0.25, -0.2) is 0 Å². The molecule has 0 aromatic carbocycles. The molecule has 1 N–H and O–H groups in total. The van der Waals surface area contributed by atoms with E-state index in [1.54, 1.807) is 0 Å². The number of aliphatic hydroxyl groups excluding tert-OH is 1. The molecule has 0 saturated carbocycles. The highest BCUT2D eigenvalue weighted by atomic mass is 127. The van der Waals surface area contributed by atoms with Gasteiger partial charge in [0.2, 0.25) is 0 Å². The predicted octanol–water partition coefficient (Wildman–Crippen LogP) is 3.77. The topological polar surface area (TPSA) is 20.2 Å². The van der Waals surface area contributed by atoms with E-state index in [0.29, 0.717) is 3.77 Å². The van der Waals surface area contributed by atoms with Gasteiger partial charge < -0.3 is 5.11 Å². The van der Waals surface area contributed by atoms with Crippen molar-refractivity contribution in [3.05, 3.63) is 7.35 Å². The fraction of sp³-hybridized carbons (Fsp3) is 0.667. The normalized spacial score (nSPS) is 13.2. The van der Waals surface area contributed by atoms with Crippen LogP contribution in [0.1, 0.15) is 26.2 Å². The molecule has 1 nitrogen and oxygen atoms in total. The van der Waals surface area contributed by atoms with Crippen molar-refractivity contribution in [1.29, 1.82) is 0 Å². The molecule has 0 amide bonds. The molecule has 9 heavy (non-hydrogen) atoms. The molecule has 0 aliphatic heterocycles. The number of hydrogen-bond donors (Lipinski definition) is 1. The summed E-state index contributed by atoms with van der Waals surface area (Å²) in [6.07, 6.45) is 3.38. The summed E-state index contributed by atoms with van der Waals surface area (Å²) in [5.41, 5.74) is 0. The van der Waals surface area contributed by atoms with Crippen molar-refractivity contribution in [2.75, 3.05) is 0 Å². The molecule has 0 aromatic rings. The minimum atomic E-state index is 0.446. The third kappa shape index (κ3) is 5.44. The molecule has 0 fully saturated rings. The molecule has 0 aromatic heterocycles. The summed E-state index contributed by atoms with van der Waals surface area (Å²) in [4.78, 5) is 0. The van der Waals surface area contributed by atoms with Crippen LogP contribution in [0.3, 0.4) is 0 Å². The lowest BCUT2D eigenvalue weighted by Gasteiger charge is -1.95. The molecule has 54 valence electrons. The van der Waals surface area contributed by atoms with Crippen molar-refractivity contribution in [1.82, 2.24) is 0 Å². The van der Waals surface area contributed by atoms with Gasteiger partial charge in [0.25, 0.3) is 0 Å². The molecule has 0 aliphatic rings. The van der Waals surface area contributed by atoms with Crippen molar-refractivity contribution < 1.29 is 5.11 Å². The largest absolute Gasteiger partial charge is 0.502 e. The van der Waals surface area contributed by atoms with Gasteiger partial charge in [0, 0.05) is 3.58 Å². The fourth-order valence-corrected chi connectivity index (χ4v) is 1.09. The SMILES string of the molecule is CCCCC(I)=C(O)I. The molecule has 0 aliphatic carbocycles. The Bertz CT molecular complexity index is 106. The number of hydrogen-bond acceptors (Lipinski definition) is 1. The number of allylic oxidation sites excluding steroid dienone is 1. The lowest BCUT2D eigenvalue weighted by molar-refractivity contribution is 0.461. The average Bonchev–Trinajstić information content (AvgIpc) is 1.82. The van der Waals surface area contributed by atoms with Crippen LogP contribution in [0, 0.1) is 0 Å². The van der Waals surface area contributed by atoms with Crippen LogP contribution in [0.4, 0.5) is 0 Å². The van der Waals surface area contributed by atoms with Crippen LogP contribution in [0.5, 0.6) is 0 Å². The van der Waals surface area contributed by atoms with Gasteiger partial charge in [0.05, 0.1) is 0 Å². The Kier molecular flexibility index (Phi) is 6.40. The van der Waals surface area contributed by atoms with Crippen molar-refractivity contribution in [3.8, 4) is 0 Å². The summed E-state index contributed by atoms with van der Waals surface area (Å²) in [6, 6.07) is 0. The second-order valence-electron chi connectivity index (χ2n) is 1.80. The second kappa shape index (κ2) is 5.76. The van der Waals surface area contributed by atoms with Gasteiger partial charge >= 0.3 is 0 Å². The van der Waals surface area contributed by atoms with Gasteiger partial charge in [0.15, 0.2) is 3.77 Å². The van der Waals surface area contributed by atoms with E-state index in [-0.39, 0.29) is 0 Å². The van der Waals surface area contributed by atoms with Gasteiger partial charge in [-0.1, -0.05) is 13.3 Å². The predicted molar refractivity (Wildman–Crippen MR) is 57.2 cm³/mol. The summed E-state index contributed by atoms with van der Waals surface area (Å²) >= 11 is 4.11. The van der Waals surface area contributed by atoms with Crippen molar-refractivity contribution in [2.24, 2.45) is 0 Å². The Morgan fingerprint density at radius 2 is 2.00 bits per heavy atom. The van der Waals surface area contributed by atoms with Crippen molar-refractivity contribution in [2.45, 2.75) is 26.2 Å². The number of unbranched alkanes of at least 4 members (excludes halogenated alkanes) is 1. The Morgan fingerprint density at radius 3 is 2.33 bits per heavy atom. The van der Waals surface area contributed by atoms with Crippen LogP contribution in [-0.2, 0) is 0 Å². The average molecular weight is 352 g/mol. The Hall–Kier alpha value is 1.00. The molecule has 0 spiro atoms. The lowest BCUT2D eigenvalue weighted by atomic mass is 10.2. The minimum absolute atomic E-state index is 0.446. The molecule has 0 unspecified atom stereocenters. The van der Waals surface area contributed by atoms with Crippen LogP contribution >= 0.6 is 45.2 Å². The maximum atomic E-state index is 8.91. The quantitative estimate of drug-likeness (QED) is 0.606. The molecular formula is C6H10I2O. The van der Waals surface area contributed by atoms with Crippen LogP contribution in [0.15, 0.2) is 7.35 Å². The van der Waals surface area contributed by atoms with Gasteiger partial charge in [-0.3, -0.25) is 0 Å². The third-order valence-corrected chi connectivity index (χ3v) is 3.71. The fourth-order valence-electron chi connectivity index (χ4n) is 0.435.